The van der Waals surface area contributed by atoms with E-state index >= 15 is 0 Å². The molecule has 0 bridgehead atoms. The second-order valence-electron chi connectivity index (χ2n) is 6.92. The monoisotopic (exact) mass is 435 g/mol. The van der Waals surface area contributed by atoms with Crippen molar-refractivity contribution in [3.63, 3.8) is 0 Å². The lowest BCUT2D eigenvalue weighted by Crippen LogP contribution is -2.07. The van der Waals surface area contributed by atoms with Crippen molar-refractivity contribution < 1.29 is 12.8 Å². The van der Waals surface area contributed by atoms with Gasteiger partial charge in [-0.25, -0.2) is 13.4 Å². The van der Waals surface area contributed by atoms with Crippen LogP contribution in [-0.2, 0) is 28.4 Å². The Morgan fingerprint density at radius 2 is 2.07 bits per heavy atom. The number of sulfone groups is 1. The molecule has 3 aromatic rings. The number of aryl methyl sites for hydroxylation is 1. The van der Waals surface area contributed by atoms with Crippen LogP contribution >= 0.6 is 23.1 Å². The van der Waals surface area contributed by atoms with Crippen molar-refractivity contribution in [1.29, 1.82) is 0 Å². The molecule has 6 nitrogen and oxygen atoms in total. The first kappa shape index (κ1) is 19.6. The molecular weight excluding hydrogens is 414 g/mol. The zero-order chi connectivity index (χ0) is 19.6. The first-order valence-electron chi connectivity index (χ1n) is 9.20. The summed E-state index contributed by atoms with van der Waals surface area (Å²) in [6.45, 7) is 2.15. The van der Waals surface area contributed by atoms with Crippen molar-refractivity contribution in [3.8, 4) is 10.6 Å². The SMILES string of the molecule is CCc1ccc(-c2nc(CSc3nnc(CC4CCS(=O)(=O)C4)o3)cs2)cc1. The molecule has 0 aliphatic carbocycles. The van der Waals surface area contributed by atoms with Gasteiger partial charge in [-0.05, 0) is 24.3 Å². The van der Waals surface area contributed by atoms with Crippen LogP contribution < -0.4 is 0 Å². The minimum atomic E-state index is -2.88. The standard InChI is InChI=1S/C19H21N3O3S3/c1-2-13-3-5-15(6-4-13)18-20-16(10-26-18)11-27-19-22-21-17(25-19)9-14-7-8-28(23,24)12-14/h3-6,10,14H,2,7-9,11-12H2,1H3. The Balaban J connectivity index is 1.32. The van der Waals surface area contributed by atoms with E-state index in [0.717, 1.165) is 22.7 Å². The van der Waals surface area contributed by atoms with Gasteiger partial charge in [0.1, 0.15) is 5.01 Å². The predicted molar refractivity (Wildman–Crippen MR) is 111 cm³/mol. The molecule has 3 heterocycles. The van der Waals surface area contributed by atoms with Crippen LogP contribution in [0, 0.1) is 5.92 Å². The van der Waals surface area contributed by atoms with Gasteiger partial charge < -0.3 is 4.42 Å². The van der Waals surface area contributed by atoms with E-state index < -0.39 is 9.84 Å². The maximum atomic E-state index is 11.6. The summed E-state index contributed by atoms with van der Waals surface area (Å²) in [5.74, 6) is 1.74. The van der Waals surface area contributed by atoms with Crippen LogP contribution in [0.3, 0.4) is 0 Å². The molecule has 0 radical (unpaired) electrons. The third-order valence-corrected chi connectivity index (χ3v) is 8.37. The molecule has 0 spiro atoms. The van der Waals surface area contributed by atoms with Crippen molar-refractivity contribution in [1.82, 2.24) is 15.2 Å². The smallest absolute Gasteiger partial charge is 0.276 e. The van der Waals surface area contributed by atoms with Crippen molar-refractivity contribution in [2.75, 3.05) is 11.5 Å². The van der Waals surface area contributed by atoms with Gasteiger partial charge in [-0.2, -0.15) is 0 Å². The Kier molecular flexibility index (Phi) is 5.84. The Morgan fingerprint density at radius 3 is 2.79 bits per heavy atom. The number of aromatic nitrogens is 3. The summed E-state index contributed by atoms with van der Waals surface area (Å²) in [5, 5.41) is 11.7. The van der Waals surface area contributed by atoms with E-state index in [4.69, 9.17) is 9.40 Å². The number of thioether (sulfide) groups is 1. The molecule has 1 saturated heterocycles. The van der Waals surface area contributed by atoms with E-state index in [1.807, 2.05) is 0 Å². The molecule has 2 aromatic heterocycles. The molecule has 28 heavy (non-hydrogen) atoms. The summed E-state index contributed by atoms with van der Waals surface area (Å²) in [4.78, 5) is 4.70. The van der Waals surface area contributed by atoms with Gasteiger partial charge in [-0.15, -0.1) is 21.5 Å². The van der Waals surface area contributed by atoms with Crippen molar-refractivity contribution in [2.24, 2.45) is 5.92 Å². The van der Waals surface area contributed by atoms with Gasteiger partial charge in [0.25, 0.3) is 5.22 Å². The van der Waals surface area contributed by atoms with Crippen LogP contribution in [0.1, 0.15) is 30.5 Å². The average Bonchev–Trinajstić information content (AvgIpc) is 3.41. The first-order valence-corrected chi connectivity index (χ1v) is 12.9. The van der Waals surface area contributed by atoms with E-state index in [9.17, 15) is 8.42 Å². The minimum Gasteiger partial charge on any atom is -0.416 e. The molecule has 1 atom stereocenters. The average molecular weight is 436 g/mol. The molecule has 0 amide bonds. The molecule has 1 unspecified atom stereocenters. The molecule has 148 valence electrons. The van der Waals surface area contributed by atoms with Gasteiger partial charge in [0.2, 0.25) is 5.89 Å². The van der Waals surface area contributed by atoms with Gasteiger partial charge in [-0.3, -0.25) is 0 Å². The van der Waals surface area contributed by atoms with E-state index in [1.165, 1.54) is 17.3 Å². The van der Waals surface area contributed by atoms with Crippen LogP contribution in [0.15, 0.2) is 39.3 Å². The van der Waals surface area contributed by atoms with Crippen LogP contribution in [0.4, 0.5) is 0 Å². The maximum Gasteiger partial charge on any atom is 0.276 e. The van der Waals surface area contributed by atoms with Crippen molar-refractivity contribution in [3.05, 3.63) is 46.8 Å². The molecule has 1 aliphatic heterocycles. The quantitative estimate of drug-likeness (QED) is 0.518. The normalized spacial score (nSPS) is 18.5. The zero-order valence-electron chi connectivity index (χ0n) is 15.5. The molecule has 0 N–H and O–H groups in total. The van der Waals surface area contributed by atoms with Crippen molar-refractivity contribution >= 4 is 32.9 Å². The fourth-order valence-corrected chi connectivity index (χ4v) is 6.65. The van der Waals surface area contributed by atoms with Crippen LogP contribution in [0.25, 0.3) is 10.6 Å². The number of rotatable bonds is 7. The van der Waals surface area contributed by atoms with Gasteiger partial charge in [0, 0.05) is 23.1 Å². The molecule has 1 aliphatic rings. The topological polar surface area (TPSA) is 86.0 Å². The molecule has 9 heteroatoms. The Bertz CT molecular complexity index is 1040. The van der Waals surface area contributed by atoms with Gasteiger partial charge in [-0.1, -0.05) is 43.0 Å². The summed E-state index contributed by atoms with van der Waals surface area (Å²) in [7, 11) is -2.88. The highest BCUT2D eigenvalue weighted by atomic mass is 32.2. The molecule has 4 rings (SSSR count). The van der Waals surface area contributed by atoms with E-state index in [2.05, 4.69) is 46.8 Å². The number of hydrogen-bond donors (Lipinski definition) is 0. The summed E-state index contributed by atoms with van der Waals surface area (Å²) in [6.07, 6.45) is 2.23. The highest BCUT2D eigenvalue weighted by Gasteiger charge is 2.29. The summed E-state index contributed by atoms with van der Waals surface area (Å²) in [5.41, 5.74) is 3.43. The van der Waals surface area contributed by atoms with Gasteiger partial charge in [0.05, 0.1) is 17.2 Å². The fourth-order valence-electron chi connectivity index (χ4n) is 3.18. The lowest BCUT2D eigenvalue weighted by molar-refractivity contribution is 0.389. The lowest BCUT2D eigenvalue weighted by Gasteiger charge is -2.01. The second kappa shape index (κ2) is 8.34. The van der Waals surface area contributed by atoms with Crippen molar-refractivity contribution in [2.45, 2.75) is 37.2 Å². The summed E-state index contributed by atoms with van der Waals surface area (Å²) >= 11 is 3.08. The zero-order valence-corrected chi connectivity index (χ0v) is 17.9. The Hall–Kier alpha value is -1.71. The summed E-state index contributed by atoms with van der Waals surface area (Å²) < 4.78 is 28.8. The second-order valence-corrected chi connectivity index (χ2v) is 10.9. The molecular formula is C19H21N3O3S3. The molecule has 1 fully saturated rings. The van der Waals surface area contributed by atoms with E-state index in [1.54, 1.807) is 11.3 Å². The first-order chi connectivity index (χ1) is 13.5. The molecule has 0 saturated carbocycles. The predicted octanol–water partition coefficient (Wildman–Crippen LogP) is 4.03. The maximum absolute atomic E-state index is 11.6. The molecule has 1 aromatic carbocycles. The van der Waals surface area contributed by atoms with E-state index in [0.29, 0.717) is 29.7 Å². The van der Waals surface area contributed by atoms with E-state index in [-0.39, 0.29) is 17.4 Å². The highest BCUT2D eigenvalue weighted by Crippen LogP contribution is 2.29. The Labute approximate surface area is 172 Å². The number of hydrogen-bond acceptors (Lipinski definition) is 8. The third-order valence-electron chi connectivity index (χ3n) is 4.74. The number of thiazole rings is 1. The fraction of sp³-hybridized carbons (Fsp3) is 0.421. The largest absolute Gasteiger partial charge is 0.416 e. The minimum absolute atomic E-state index is 0.0866. The summed E-state index contributed by atoms with van der Waals surface area (Å²) in [6, 6.07) is 8.51. The van der Waals surface area contributed by atoms with Crippen LogP contribution in [0.5, 0.6) is 0 Å². The van der Waals surface area contributed by atoms with Crippen LogP contribution in [0.2, 0.25) is 0 Å². The van der Waals surface area contributed by atoms with Crippen LogP contribution in [-0.4, -0.2) is 35.1 Å². The van der Waals surface area contributed by atoms with Gasteiger partial charge in [0.15, 0.2) is 9.84 Å². The third kappa shape index (κ3) is 4.82. The lowest BCUT2D eigenvalue weighted by atomic mass is 10.1. The number of benzene rings is 1. The van der Waals surface area contributed by atoms with Gasteiger partial charge >= 0.3 is 0 Å². The Morgan fingerprint density at radius 1 is 1.25 bits per heavy atom. The highest BCUT2D eigenvalue weighted by molar-refractivity contribution is 7.98. The number of nitrogens with zero attached hydrogens (tertiary/aromatic N) is 3.